The van der Waals surface area contributed by atoms with Gasteiger partial charge in [0.25, 0.3) is 0 Å². The molecule has 1 N–H and O–H groups in total. The highest BCUT2D eigenvalue weighted by molar-refractivity contribution is 6.32. The van der Waals surface area contributed by atoms with Crippen molar-refractivity contribution in [2.75, 3.05) is 20.3 Å². The van der Waals surface area contributed by atoms with Gasteiger partial charge >= 0.3 is 0 Å². The van der Waals surface area contributed by atoms with Crippen LogP contribution in [0, 0.1) is 0 Å². The summed E-state index contributed by atoms with van der Waals surface area (Å²) in [5.74, 6) is 1.55. The Morgan fingerprint density at radius 2 is 1.78 bits per heavy atom. The summed E-state index contributed by atoms with van der Waals surface area (Å²) in [5, 5.41) is 12.5. The minimum absolute atomic E-state index is 0.284. The van der Waals surface area contributed by atoms with Crippen LogP contribution in [0.1, 0.15) is 5.56 Å². The quantitative estimate of drug-likeness (QED) is 0.348. The van der Waals surface area contributed by atoms with E-state index >= 15 is 0 Å². The van der Waals surface area contributed by atoms with E-state index in [-0.39, 0.29) is 6.61 Å². The van der Waals surface area contributed by atoms with E-state index in [0.717, 1.165) is 0 Å². The van der Waals surface area contributed by atoms with Gasteiger partial charge in [-0.1, -0.05) is 28.4 Å². The molecule has 0 spiro atoms. The number of methoxy groups -OCH3 is 1. The van der Waals surface area contributed by atoms with E-state index in [0.29, 0.717) is 39.5 Å². The van der Waals surface area contributed by atoms with Crippen molar-refractivity contribution < 1.29 is 19.4 Å². The second kappa shape index (κ2) is 8.50. The fraction of sp³-hybridized carbons (Fsp3) is 0.188. The van der Waals surface area contributed by atoms with Gasteiger partial charge in [0.05, 0.1) is 18.3 Å². The highest BCUT2D eigenvalue weighted by Crippen LogP contribution is 2.36. The third-order valence-electron chi connectivity index (χ3n) is 2.87. The summed E-state index contributed by atoms with van der Waals surface area (Å²) >= 11 is 12.0. The zero-order chi connectivity index (χ0) is 16.7. The Hall–Kier alpha value is -2.11. The third-order valence-corrected chi connectivity index (χ3v) is 3.40. The molecule has 2 aromatic rings. The van der Waals surface area contributed by atoms with Crippen LogP contribution < -0.4 is 14.2 Å². The molecular formula is C16H15Cl2NO4. The third kappa shape index (κ3) is 4.94. The predicted molar refractivity (Wildman–Crippen MR) is 89.8 cm³/mol. The lowest BCUT2D eigenvalue weighted by atomic mass is 10.2. The van der Waals surface area contributed by atoms with Gasteiger partial charge in [-0.15, -0.1) is 0 Å². The van der Waals surface area contributed by atoms with Crippen molar-refractivity contribution in [1.82, 2.24) is 0 Å². The molecule has 2 aromatic carbocycles. The maximum absolute atomic E-state index is 8.57. The molecule has 0 aliphatic carbocycles. The lowest BCUT2D eigenvalue weighted by Gasteiger charge is -2.13. The molecular weight excluding hydrogens is 341 g/mol. The van der Waals surface area contributed by atoms with Gasteiger partial charge in [0.1, 0.15) is 19.0 Å². The van der Waals surface area contributed by atoms with E-state index in [4.69, 9.17) is 42.6 Å². The first-order valence-corrected chi connectivity index (χ1v) is 7.45. The van der Waals surface area contributed by atoms with Gasteiger partial charge < -0.3 is 19.4 Å². The number of hydrogen-bond donors (Lipinski definition) is 1. The standard InChI is InChI=1S/C16H15Cl2NO4/c1-21-15-9-11(10-19-20)8-14(18)16(15)23-7-6-22-13-4-2-12(17)3-5-13/h2-5,8-10,20H,6-7H2,1H3. The number of ether oxygens (including phenoxy) is 3. The summed E-state index contributed by atoms with van der Waals surface area (Å²) in [4.78, 5) is 0. The average Bonchev–Trinajstić information content (AvgIpc) is 2.54. The number of rotatable bonds is 7. The monoisotopic (exact) mass is 355 g/mol. The number of hydrogen-bond acceptors (Lipinski definition) is 5. The molecule has 122 valence electrons. The summed E-state index contributed by atoms with van der Waals surface area (Å²) in [6.45, 7) is 0.618. The van der Waals surface area contributed by atoms with Gasteiger partial charge in [0.2, 0.25) is 0 Å². The molecule has 0 fully saturated rings. The Kier molecular flexibility index (Phi) is 6.38. The Balaban J connectivity index is 1.95. The Bertz CT molecular complexity index is 675. The highest BCUT2D eigenvalue weighted by Gasteiger charge is 2.11. The molecule has 0 aliphatic rings. The SMILES string of the molecule is COc1cc(C=NO)cc(Cl)c1OCCOc1ccc(Cl)cc1. The highest BCUT2D eigenvalue weighted by atomic mass is 35.5. The lowest BCUT2D eigenvalue weighted by Crippen LogP contribution is -2.10. The molecule has 5 nitrogen and oxygen atoms in total. The van der Waals surface area contributed by atoms with Crippen molar-refractivity contribution >= 4 is 29.4 Å². The van der Waals surface area contributed by atoms with Crippen molar-refractivity contribution in [3.05, 3.63) is 52.0 Å². The van der Waals surface area contributed by atoms with Crippen LogP contribution in [-0.2, 0) is 0 Å². The molecule has 0 aromatic heterocycles. The second-order valence-corrected chi connectivity index (χ2v) is 5.27. The van der Waals surface area contributed by atoms with E-state index in [1.807, 2.05) is 0 Å². The van der Waals surface area contributed by atoms with Crippen molar-refractivity contribution in [3.63, 3.8) is 0 Å². The number of halogens is 2. The summed E-state index contributed by atoms with van der Waals surface area (Å²) in [7, 11) is 1.50. The molecule has 23 heavy (non-hydrogen) atoms. The first kappa shape index (κ1) is 17.2. The van der Waals surface area contributed by atoms with Crippen LogP contribution >= 0.6 is 23.2 Å². The molecule has 0 saturated carbocycles. The summed E-state index contributed by atoms with van der Waals surface area (Å²) in [5.41, 5.74) is 0.596. The Morgan fingerprint density at radius 1 is 1.09 bits per heavy atom. The van der Waals surface area contributed by atoms with Gasteiger partial charge in [-0.25, -0.2) is 0 Å². The van der Waals surface area contributed by atoms with E-state index in [1.165, 1.54) is 13.3 Å². The van der Waals surface area contributed by atoms with E-state index in [2.05, 4.69) is 5.16 Å². The zero-order valence-electron chi connectivity index (χ0n) is 12.3. The van der Waals surface area contributed by atoms with Crippen LogP contribution in [-0.4, -0.2) is 31.7 Å². The molecule has 0 bridgehead atoms. The molecule has 7 heteroatoms. The number of benzene rings is 2. The fourth-order valence-electron chi connectivity index (χ4n) is 1.86. The normalized spacial score (nSPS) is 10.7. The summed E-state index contributed by atoms with van der Waals surface area (Å²) in [6, 6.07) is 10.3. The minimum Gasteiger partial charge on any atom is -0.493 e. The first-order valence-electron chi connectivity index (χ1n) is 6.70. The van der Waals surface area contributed by atoms with Gasteiger partial charge in [0, 0.05) is 10.6 Å². The van der Waals surface area contributed by atoms with Gasteiger partial charge in [-0.2, -0.15) is 0 Å². The van der Waals surface area contributed by atoms with Crippen molar-refractivity contribution in [2.24, 2.45) is 5.16 Å². The van der Waals surface area contributed by atoms with Gasteiger partial charge in [-0.05, 0) is 36.4 Å². The second-order valence-electron chi connectivity index (χ2n) is 4.43. The molecule has 0 atom stereocenters. The summed E-state index contributed by atoms with van der Waals surface area (Å²) in [6.07, 6.45) is 1.25. The Labute approximate surface area is 144 Å². The minimum atomic E-state index is 0.284. The van der Waals surface area contributed by atoms with E-state index in [9.17, 15) is 0 Å². The molecule has 0 unspecified atom stereocenters. The zero-order valence-corrected chi connectivity index (χ0v) is 13.8. The molecule has 2 rings (SSSR count). The smallest absolute Gasteiger partial charge is 0.179 e. The predicted octanol–water partition coefficient (Wildman–Crippen LogP) is 4.27. The molecule has 0 aliphatic heterocycles. The molecule has 0 amide bonds. The maximum atomic E-state index is 8.57. The van der Waals surface area contributed by atoms with Crippen molar-refractivity contribution in [2.45, 2.75) is 0 Å². The topological polar surface area (TPSA) is 60.3 Å². The first-order chi connectivity index (χ1) is 11.1. The van der Waals surface area contributed by atoms with E-state index < -0.39 is 0 Å². The van der Waals surface area contributed by atoms with Crippen LogP contribution in [0.3, 0.4) is 0 Å². The average molecular weight is 356 g/mol. The van der Waals surface area contributed by atoms with Crippen LogP contribution in [0.5, 0.6) is 17.2 Å². The summed E-state index contributed by atoms with van der Waals surface area (Å²) < 4.78 is 16.4. The van der Waals surface area contributed by atoms with E-state index in [1.54, 1.807) is 36.4 Å². The Morgan fingerprint density at radius 3 is 2.43 bits per heavy atom. The van der Waals surface area contributed by atoms with Gasteiger partial charge in [0.15, 0.2) is 11.5 Å². The number of oxime groups is 1. The van der Waals surface area contributed by atoms with Crippen LogP contribution in [0.4, 0.5) is 0 Å². The van der Waals surface area contributed by atoms with Crippen molar-refractivity contribution in [1.29, 1.82) is 0 Å². The fourth-order valence-corrected chi connectivity index (χ4v) is 2.25. The van der Waals surface area contributed by atoms with Crippen LogP contribution in [0.25, 0.3) is 0 Å². The largest absolute Gasteiger partial charge is 0.493 e. The van der Waals surface area contributed by atoms with Crippen molar-refractivity contribution in [3.8, 4) is 17.2 Å². The molecule has 0 heterocycles. The molecule has 0 saturated heterocycles. The van der Waals surface area contributed by atoms with Crippen LogP contribution in [0.15, 0.2) is 41.6 Å². The van der Waals surface area contributed by atoms with Gasteiger partial charge in [-0.3, -0.25) is 0 Å². The maximum Gasteiger partial charge on any atom is 0.179 e. The molecule has 0 radical (unpaired) electrons. The lowest BCUT2D eigenvalue weighted by molar-refractivity contribution is 0.211. The van der Waals surface area contributed by atoms with Crippen LogP contribution in [0.2, 0.25) is 10.0 Å². The number of nitrogens with zero attached hydrogens (tertiary/aromatic N) is 1.